The summed E-state index contributed by atoms with van der Waals surface area (Å²) in [4.78, 5) is 34.4. The van der Waals surface area contributed by atoms with E-state index in [1.165, 1.54) is 0 Å². The maximum Gasteiger partial charge on any atom is 0.335 e. The molecule has 2 aliphatic rings. The molecule has 6 rings (SSSR count). The van der Waals surface area contributed by atoms with Crippen LogP contribution in [0, 0.1) is 12.8 Å². The molecule has 2 saturated heterocycles. The first-order valence-corrected chi connectivity index (χ1v) is 14.8. The molecule has 1 N–H and O–H groups in total. The van der Waals surface area contributed by atoms with Crippen molar-refractivity contribution in [3.8, 4) is 0 Å². The molecule has 42 heavy (non-hydrogen) atoms. The number of aromatic nitrogens is 2. The van der Waals surface area contributed by atoms with Gasteiger partial charge in [-0.3, -0.25) is 9.69 Å². The van der Waals surface area contributed by atoms with Gasteiger partial charge in [0.25, 0.3) is 0 Å². The van der Waals surface area contributed by atoms with Crippen LogP contribution >= 0.6 is 11.6 Å². The average Bonchev–Trinajstić information content (AvgIpc) is 3.30. The zero-order chi connectivity index (χ0) is 29.4. The zero-order valence-corrected chi connectivity index (χ0v) is 24.7. The van der Waals surface area contributed by atoms with Crippen LogP contribution in [-0.4, -0.2) is 64.2 Å². The Morgan fingerprint density at radius 2 is 1.83 bits per heavy atom. The Labute approximate surface area is 250 Å². The number of aromatic carboxylic acids is 1. The number of Topliss-reactive ketones (excluding diaryl/α,β-unsaturated/α-hetero) is 1. The van der Waals surface area contributed by atoms with E-state index in [9.17, 15) is 14.7 Å². The lowest BCUT2D eigenvalue weighted by atomic mass is 9.88. The van der Waals surface area contributed by atoms with Gasteiger partial charge in [-0.25, -0.2) is 9.78 Å². The molecule has 0 saturated carbocycles. The molecule has 0 amide bonds. The molecule has 0 aliphatic carbocycles. The number of fused-ring (bicyclic) bond motifs is 1. The number of piperidine rings is 1. The summed E-state index contributed by atoms with van der Waals surface area (Å²) >= 11 is 6.51. The number of carbonyl (C=O) groups excluding carboxylic acids is 1. The van der Waals surface area contributed by atoms with Crippen molar-refractivity contribution in [3.63, 3.8) is 0 Å². The Morgan fingerprint density at radius 3 is 2.52 bits per heavy atom. The summed E-state index contributed by atoms with van der Waals surface area (Å²) in [6, 6.07) is 18.9. The summed E-state index contributed by atoms with van der Waals surface area (Å²) in [7, 11) is 1.96. The van der Waals surface area contributed by atoms with Gasteiger partial charge < -0.3 is 19.3 Å². The highest BCUT2D eigenvalue weighted by molar-refractivity contribution is 6.33. The second-order valence-electron chi connectivity index (χ2n) is 11.4. The van der Waals surface area contributed by atoms with Crippen molar-refractivity contribution in [1.82, 2.24) is 14.5 Å². The molecule has 3 aromatic carbocycles. The number of nitrogens with zero attached hydrogens (tertiary/aromatic N) is 4. The van der Waals surface area contributed by atoms with Crippen LogP contribution in [0.1, 0.15) is 51.4 Å². The van der Waals surface area contributed by atoms with Crippen LogP contribution in [0.3, 0.4) is 0 Å². The number of imidazole rings is 1. The molecule has 9 heteroatoms. The van der Waals surface area contributed by atoms with Crippen LogP contribution in [0.4, 0.5) is 11.4 Å². The van der Waals surface area contributed by atoms with Gasteiger partial charge in [0.1, 0.15) is 5.82 Å². The normalized spacial score (nSPS) is 17.7. The molecule has 1 aromatic heterocycles. The molecule has 0 spiro atoms. The molecule has 3 heterocycles. The summed E-state index contributed by atoms with van der Waals surface area (Å²) < 4.78 is 7.81. The van der Waals surface area contributed by atoms with Gasteiger partial charge in [0, 0.05) is 30.8 Å². The minimum Gasteiger partial charge on any atom is -0.478 e. The number of hydrogen-bond acceptors (Lipinski definition) is 6. The van der Waals surface area contributed by atoms with Crippen LogP contribution in [0.2, 0.25) is 5.02 Å². The van der Waals surface area contributed by atoms with E-state index in [1.807, 2.05) is 61.3 Å². The van der Waals surface area contributed by atoms with E-state index >= 15 is 0 Å². The highest BCUT2D eigenvalue weighted by Crippen LogP contribution is 2.33. The standard InChI is InChI=1S/C33H35ClN4O4/c1-21-6-9-29(27(34)16-21)36(2)25-5-3-4-23(17-25)32(39)22-10-13-37(14-11-22)20-31-35-28-8-7-24(33(40)41)18-30(28)38(31)19-26-12-15-42-26/h3-9,16-18,22,26H,10-15,19-20H2,1-2H3,(H,40,41)/t26-/m0/s1. The minimum absolute atomic E-state index is 0.0370. The Balaban J connectivity index is 1.13. The van der Waals surface area contributed by atoms with Crippen LogP contribution in [-0.2, 0) is 17.8 Å². The fourth-order valence-electron chi connectivity index (χ4n) is 5.94. The van der Waals surface area contributed by atoms with Crippen molar-refractivity contribution < 1.29 is 19.4 Å². The molecule has 4 aromatic rings. The van der Waals surface area contributed by atoms with Crippen LogP contribution in [0.25, 0.3) is 11.0 Å². The third-order valence-corrected chi connectivity index (χ3v) is 8.86. The van der Waals surface area contributed by atoms with Gasteiger partial charge in [-0.2, -0.15) is 0 Å². The summed E-state index contributed by atoms with van der Waals surface area (Å²) in [5.74, 6) is 0.0906. The number of carboxylic acids is 1. The molecular formula is C33H35ClN4O4. The molecule has 2 aliphatic heterocycles. The van der Waals surface area contributed by atoms with Gasteiger partial charge >= 0.3 is 5.97 Å². The highest BCUT2D eigenvalue weighted by atomic mass is 35.5. The molecular weight excluding hydrogens is 552 g/mol. The van der Waals surface area contributed by atoms with E-state index in [-0.39, 0.29) is 23.4 Å². The highest BCUT2D eigenvalue weighted by Gasteiger charge is 2.28. The molecule has 0 bridgehead atoms. The number of benzene rings is 3. The quantitative estimate of drug-likeness (QED) is 0.229. The smallest absolute Gasteiger partial charge is 0.335 e. The molecule has 0 unspecified atom stereocenters. The fraction of sp³-hybridized carbons (Fsp3) is 0.364. The first-order valence-electron chi connectivity index (χ1n) is 14.5. The van der Waals surface area contributed by atoms with Crippen LogP contribution < -0.4 is 4.90 Å². The lowest BCUT2D eigenvalue weighted by molar-refractivity contribution is -0.0592. The number of carboxylic acid groups (broad SMARTS) is 1. The Hall–Kier alpha value is -3.72. The number of anilines is 2. The van der Waals surface area contributed by atoms with Gasteiger partial charge in [-0.1, -0.05) is 29.8 Å². The summed E-state index contributed by atoms with van der Waals surface area (Å²) in [6.45, 7) is 5.65. The summed E-state index contributed by atoms with van der Waals surface area (Å²) in [6.07, 6.45) is 2.66. The number of halogens is 1. The fourth-order valence-corrected chi connectivity index (χ4v) is 6.30. The predicted octanol–water partition coefficient (Wildman–Crippen LogP) is 6.35. The Kier molecular flexibility index (Phi) is 8.03. The lowest BCUT2D eigenvalue weighted by Gasteiger charge is -2.32. The second-order valence-corrected chi connectivity index (χ2v) is 11.8. The monoisotopic (exact) mass is 586 g/mol. The topological polar surface area (TPSA) is 87.9 Å². The number of rotatable bonds is 9. The maximum absolute atomic E-state index is 13.6. The molecule has 218 valence electrons. The summed E-state index contributed by atoms with van der Waals surface area (Å²) in [5, 5.41) is 10.2. The van der Waals surface area contributed by atoms with Crippen molar-refractivity contribution in [2.75, 3.05) is 31.6 Å². The van der Waals surface area contributed by atoms with Gasteiger partial charge in [0.2, 0.25) is 0 Å². The van der Waals surface area contributed by atoms with E-state index in [0.29, 0.717) is 18.1 Å². The lowest BCUT2D eigenvalue weighted by Crippen LogP contribution is -2.37. The zero-order valence-electron chi connectivity index (χ0n) is 23.9. The predicted molar refractivity (Wildman–Crippen MR) is 164 cm³/mol. The van der Waals surface area contributed by atoms with E-state index in [0.717, 1.165) is 78.3 Å². The maximum atomic E-state index is 13.6. The van der Waals surface area contributed by atoms with Crippen molar-refractivity contribution in [2.45, 2.75) is 45.4 Å². The van der Waals surface area contributed by atoms with Gasteiger partial charge in [-0.05, 0) is 87.3 Å². The van der Waals surface area contributed by atoms with E-state index < -0.39 is 5.97 Å². The number of likely N-dealkylation sites (tertiary alicyclic amines) is 1. The van der Waals surface area contributed by atoms with Gasteiger partial charge in [-0.15, -0.1) is 0 Å². The largest absolute Gasteiger partial charge is 0.478 e. The number of hydrogen-bond donors (Lipinski definition) is 1. The number of ketones is 1. The summed E-state index contributed by atoms with van der Waals surface area (Å²) in [5.41, 5.74) is 5.50. The van der Waals surface area contributed by atoms with Crippen LogP contribution in [0.15, 0.2) is 60.7 Å². The van der Waals surface area contributed by atoms with Crippen LogP contribution in [0.5, 0.6) is 0 Å². The average molecular weight is 587 g/mol. The third-order valence-electron chi connectivity index (χ3n) is 8.56. The van der Waals surface area contributed by atoms with Crippen molar-refractivity contribution in [1.29, 1.82) is 0 Å². The minimum atomic E-state index is -0.950. The molecule has 2 fully saturated rings. The number of carbonyl (C=O) groups is 2. The second kappa shape index (κ2) is 11.9. The van der Waals surface area contributed by atoms with Crippen molar-refractivity contribution in [3.05, 3.63) is 88.2 Å². The van der Waals surface area contributed by atoms with Gasteiger partial charge in [0.05, 0.1) is 46.5 Å². The molecule has 1 atom stereocenters. The SMILES string of the molecule is Cc1ccc(N(C)c2cccc(C(=O)C3CCN(Cc4nc5ccc(C(=O)O)cc5n4C[C@@H]4CCO4)CC3)c2)c(Cl)c1. The molecule has 8 nitrogen and oxygen atoms in total. The van der Waals surface area contributed by atoms with E-state index in [1.54, 1.807) is 18.2 Å². The van der Waals surface area contributed by atoms with Gasteiger partial charge in [0.15, 0.2) is 5.78 Å². The van der Waals surface area contributed by atoms with Crippen molar-refractivity contribution in [2.24, 2.45) is 5.92 Å². The Bertz CT molecular complexity index is 1640. The number of aryl methyl sites for hydroxylation is 1. The third kappa shape index (κ3) is 5.79. The Morgan fingerprint density at radius 1 is 1.05 bits per heavy atom. The number of ether oxygens (including phenoxy) is 1. The first kappa shape index (κ1) is 28.4. The van der Waals surface area contributed by atoms with E-state index in [2.05, 4.69) is 9.47 Å². The van der Waals surface area contributed by atoms with E-state index in [4.69, 9.17) is 21.3 Å². The molecule has 0 radical (unpaired) electrons. The van der Waals surface area contributed by atoms with Crippen molar-refractivity contribution >= 4 is 45.8 Å². The first-order chi connectivity index (χ1) is 20.3.